The van der Waals surface area contributed by atoms with E-state index in [1.165, 1.54) is 0 Å². The Hall–Kier alpha value is -3.70. The molecule has 0 bridgehead atoms. The van der Waals surface area contributed by atoms with Crippen LogP contribution < -0.4 is 10.2 Å². The number of nitrogens with zero attached hydrogens (tertiary/aromatic N) is 1. The summed E-state index contributed by atoms with van der Waals surface area (Å²) in [6.45, 7) is 7.65. The largest absolute Gasteiger partial charge is 0.352 e. The quantitative estimate of drug-likeness (QED) is 0.407. The second kappa shape index (κ2) is 8.40. The molecule has 1 fully saturated rings. The highest BCUT2D eigenvalue weighted by Crippen LogP contribution is 2.59. The molecule has 3 heterocycles. The van der Waals surface area contributed by atoms with E-state index in [1.807, 2.05) is 76.2 Å². The lowest BCUT2D eigenvalue weighted by Crippen LogP contribution is -2.51. The standard InChI is InChI=1S/C32H29ClN2O3/c1-18-17-25-32(22-10-6-7-11-23(22)34-30(32)38)26(28(36)19-13-15-20(33)16-14-19)27(29(37)31(2,3)4)35(25)24-12-8-5-9-21(18)24/h5-17,25-27H,1-4H3,(H,34,38)/t25-,26+,27-,32-/m0/s1. The minimum Gasteiger partial charge on any atom is -0.352 e. The van der Waals surface area contributed by atoms with Gasteiger partial charge in [0.1, 0.15) is 11.5 Å². The van der Waals surface area contributed by atoms with Crippen LogP contribution in [-0.4, -0.2) is 29.6 Å². The first-order valence-electron chi connectivity index (χ1n) is 12.9. The number of rotatable bonds is 3. The zero-order chi connectivity index (χ0) is 27.0. The summed E-state index contributed by atoms with van der Waals surface area (Å²) in [7, 11) is 0. The molecule has 1 N–H and O–H groups in total. The van der Waals surface area contributed by atoms with Gasteiger partial charge in [0.2, 0.25) is 5.91 Å². The number of hydrogen-bond donors (Lipinski definition) is 1. The van der Waals surface area contributed by atoms with Crippen LogP contribution in [0.2, 0.25) is 5.02 Å². The molecule has 0 saturated carbocycles. The van der Waals surface area contributed by atoms with Crippen molar-refractivity contribution in [3.63, 3.8) is 0 Å². The number of halogens is 1. The second-order valence-corrected chi connectivity index (χ2v) is 11.9. The number of hydrogen-bond acceptors (Lipinski definition) is 4. The van der Waals surface area contributed by atoms with Crippen molar-refractivity contribution < 1.29 is 14.4 Å². The van der Waals surface area contributed by atoms with Crippen LogP contribution in [0.25, 0.3) is 5.57 Å². The smallest absolute Gasteiger partial charge is 0.238 e. The highest BCUT2D eigenvalue weighted by atomic mass is 35.5. The molecule has 0 aliphatic carbocycles. The number of benzene rings is 3. The normalized spacial score (nSPS) is 25.4. The van der Waals surface area contributed by atoms with E-state index in [4.69, 9.17) is 11.6 Å². The second-order valence-electron chi connectivity index (χ2n) is 11.5. The van der Waals surface area contributed by atoms with Gasteiger partial charge in [0.25, 0.3) is 0 Å². The van der Waals surface area contributed by atoms with Crippen LogP contribution in [0.4, 0.5) is 11.4 Å². The van der Waals surface area contributed by atoms with Crippen LogP contribution in [0.15, 0.2) is 78.9 Å². The average molecular weight is 525 g/mol. The number of ketones is 2. The fourth-order valence-corrected chi connectivity index (χ4v) is 6.75. The molecule has 1 saturated heterocycles. The van der Waals surface area contributed by atoms with E-state index in [-0.39, 0.29) is 17.5 Å². The number of Topliss-reactive ketones (excluding diaryl/α,β-unsaturated/α-hetero) is 2. The molecule has 3 aliphatic rings. The number of allylic oxidation sites excluding steroid dienone is 1. The number of anilines is 2. The van der Waals surface area contributed by atoms with Crippen molar-refractivity contribution in [2.75, 3.05) is 10.2 Å². The van der Waals surface area contributed by atoms with Crippen LogP contribution in [0.3, 0.4) is 0 Å². The molecule has 0 radical (unpaired) electrons. The van der Waals surface area contributed by atoms with Gasteiger partial charge >= 0.3 is 0 Å². The Bertz CT molecular complexity index is 1530. The van der Waals surface area contributed by atoms with Gasteiger partial charge in [0, 0.05) is 32.9 Å². The maximum atomic E-state index is 14.6. The molecular weight excluding hydrogens is 496 g/mol. The van der Waals surface area contributed by atoms with Crippen LogP contribution in [0, 0.1) is 11.3 Å². The first-order valence-corrected chi connectivity index (χ1v) is 13.3. The maximum absolute atomic E-state index is 14.6. The number of para-hydroxylation sites is 2. The van der Waals surface area contributed by atoms with Gasteiger partial charge in [-0.2, -0.15) is 0 Å². The molecule has 6 rings (SSSR count). The maximum Gasteiger partial charge on any atom is 0.238 e. The van der Waals surface area contributed by atoms with E-state index in [0.29, 0.717) is 16.3 Å². The number of carbonyl (C=O) groups excluding carboxylic acids is 3. The fraction of sp³-hybridized carbons (Fsp3) is 0.281. The summed E-state index contributed by atoms with van der Waals surface area (Å²) in [5, 5.41) is 3.58. The number of fused-ring (bicyclic) bond motifs is 6. The van der Waals surface area contributed by atoms with E-state index in [9.17, 15) is 14.4 Å². The third-order valence-electron chi connectivity index (χ3n) is 8.30. The fourth-order valence-electron chi connectivity index (χ4n) is 6.62. The van der Waals surface area contributed by atoms with Crippen molar-refractivity contribution in [2.24, 2.45) is 11.3 Å². The minimum atomic E-state index is -1.30. The molecule has 3 aromatic carbocycles. The molecule has 38 heavy (non-hydrogen) atoms. The van der Waals surface area contributed by atoms with E-state index in [2.05, 4.69) is 16.3 Å². The van der Waals surface area contributed by atoms with Crippen LogP contribution in [-0.2, 0) is 15.0 Å². The SMILES string of the molecule is CC1=C[C@@H]2N(c3ccccc31)[C@H](C(=O)C(C)(C)C)[C@H](C(=O)c1ccc(Cl)cc1)[C@@]21C(=O)Nc2ccccc21. The van der Waals surface area contributed by atoms with Gasteiger partial charge in [0.15, 0.2) is 11.6 Å². The molecule has 192 valence electrons. The number of carbonyl (C=O) groups is 3. The predicted octanol–water partition coefficient (Wildman–Crippen LogP) is 6.32. The van der Waals surface area contributed by atoms with Gasteiger partial charge < -0.3 is 10.2 Å². The van der Waals surface area contributed by atoms with Crippen molar-refractivity contribution in [3.05, 3.63) is 101 Å². The third kappa shape index (κ3) is 3.27. The summed E-state index contributed by atoms with van der Waals surface area (Å²) in [6, 6.07) is 20.8. The number of amides is 1. The van der Waals surface area contributed by atoms with Crippen LogP contribution in [0.5, 0.6) is 0 Å². The summed E-state index contributed by atoms with van der Waals surface area (Å²) in [5.74, 6) is -1.53. The van der Waals surface area contributed by atoms with Crippen molar-refractivity contribution in [2.45, 2.75) is 45.2 Å². The first-order chi connectivity index (χ1) is 18.1. The number of nitrogens with one attached hydrogen (secondary N) is 1. The van der Waals surface area contributed by atoms with Crippen molar-refractivity contribution >= 4 is 46.0 Å². The van der Waals surface area contributed by atoms with E-state index in [0.717, 1.165) is 22.4 Å². The third-order valence-corrected chi connectivity index (χ3v) is 8.55. The predicted molar refractivity (Wildman–Crippen MR) is 151 cm³/mol. The highest BCUT2D eigenvalue weighted by molar-refractivity contribution is 6.30. The van der Waals surface area contributed by atoms with E-state index < -0.39 is 28.8 Å². The van der Waals surface area contributed by atoms with Crippen LogP contribution in [0.1, 0.15) is 49.2 Å². The lowest BCUT2D eigenvalue weighted by Gasteiger charge is -2.39. The lowest BCUT2D eigenvalue weighted by atomic mass is 9.63. The van der Waals surface area contributed by atoms with Gasteiger partial charge in [-0.1, -0.05) is 74.8 Å². The van der Waals surface area contributed by atoms with E-state index in [1.54, 1.807) is 24.3 Å². The molecular formula is C32H29ClN2O3. The molecule has 1 spiro atoms. The van der Waals surface area contributed by atoms with Crippen LogP contribution >= 0.6 is 11.6 Å². The van der Waals surface area contributed by atoms with Gasteiger partial charge in [-0.25, -0.2) is 0 Å². The van der Waals surface area contributed by atoms with Gasteiger partial charge in [-0.15, -0.1) is 0 Å². The Labute approximate surface area is 227 Å². The molecule has 5 nitrogen and oxygen atoms in total. The van der Waals surface area contributed by atoms with Crippen molar-refractivity contribution in [1.29, 1.82) is 0 Å². The molecule has 1 amide bonds. The Morgan fingerprint density at radius 3 is 2.32 bits per heavy atom. The summed E-state index contributed by atoms with van der Waals surface area (Å²) < 4.78 is 0. The topological polar surface area (TPSA) is 66.5 Å². The summed E-state index contributed by atoms with van der Waals surface area (Å²) in [5.41, 5.74) is 2.68. The highest BCUT2D eigenvalue weighted by Gasteiger charge is 2.71. The molecule has 6 heteroatoms. The average Bonchev–Trinajstić information content (AvgIpc) is 3.36. The molecule has 0 aromatic heterocycles. The van der Waals surface area contributed by atoms with E-state index >= 15 is 0 Å². The van der Waals surface area contributed by atoms with Gasteiger partial charge in [0.05, 0.1) is 12.0 Å². The Morgan fingerprint density at radius 2 is 1.61 bits per heavy atom. The van der Waals surface area contributed by atoms with Crippen molar-refractivity contribution in [1.82, 2.24) is 0 Å². The van der Waals surface area contributed by atoms with Gasteiger partial charge in [-0.3, -0.25) is 14.4 Å². The van der Waals surface area contributed by atoms with Crippen molar-refractivity contribution in [3.8, 4) is 0 Å². The zero-order valence-corrected chi connectivity index (χ0v) is 22.5. The zero-order valence-electron chi connectivity index (χ0n) is 21.8. The Morgan fingerprint density at radius 1 is 0.947 bits per heavy atom. The molecule has 3 aromatic rings. The van der Waals surface area contributed by atoms with Gasteiger partial charge in [-0.05, 0) is 54.5 Å². The Balaban J connectivity index is 1.70. The minimum absolute atomic E-state index is 0.0772. The molecule has 4 atom stereocenters. The first kappa shape index (κ1) is 24.6. The summed E-state index contributed by atoms with van der Waals surface area (Å²) in [4.78, 5) is 45.4. The summed E-state index contributed by atoms with van der Waals surface area (Å²) >= 11 is 6.15. The Kier molecular flexibility index (Phi) is 5.45. The lowest BCUT2D eigenvalue weighted by molar-refractivity contribution is -0.128. The molecule has 3 aliphatic heterocycles. The summed E-state index contributed by atoms with van der Waals surface area (Å²) in [6.07, 6.45) is 2.07. The molecule has 0 unspecified atom stereocenters. The monoisotopic (exact) mass is 524 g/mol.